The average molecular weight is 1180 g/mol. The molecule has 20 heteroatoms. The van der Waals surface area contributed by atoms with Crippen molar-refractivity contribution in [1.29, 1.82) is 0 Å². The van der Waals surface area contributed by atoms with Gasteiger partial charge in [0, 0.05) is 13.5 Å². The van der Waals surface area contributed by atoms with Gasteiger partial charge < -0.3 is 63.9 Å². The number of allylic oxidation sites excluding steroid dienone is 21. The van der Waals surface area contributed by atoms with Gasteiger partial charge in [-0.2, -0.15) is 0 Å². The molecule has 0 radical (unpaired) electrons. The Labute approximate surface area is 492 Å². The van der Waals surface area contributed by atoms with E-state index in [2.05, 4.69) is 48.0 Å². The van der Waals surface area contributed by atoms with Crippen molar-refractivity contribution in [2.75, 3.05) is 20.3 Å². The molecule has 1 aliphatic heterocycles. The summed E-state index contributed by atoms with van der Waals surface area (Å²) in [7, 11) is 1.59. The van der Waals surface area contributed by atoms with E-state index in [-0.39, 0.29) is 61.2 Å². The van der Waals surface area contributed by atoms with Crippen LogP contribution in [0.5, 0.6) is 0 Å². The second-order valence-electron chi connectivity index (χ2n) is 20.8. The van der Waals surface area contributed by atoms with Gasteiger partial charge in [-0.25, -0.2) is 4.79 Å². The number of rotatable bonds is 27. The Balaban J connectivity index is 0.00000140. The molecule has 0 amide bonds. The Morgan fingerprint density at radius 3 is 1.73 bits per heavy atom. The molecular weight excluding hydrogens is 1090 g/mol. The molecular formula is C64H86O20. The average Bonchev–Trinajstić information content (AvgIpc) is 3.83. The topological polar surface area (TPSA) is 313 Å². The molecule has 0 fully saturated rings. The summed E-state index contributed by atoms with van der Waals surface area (Å²) in [6, 6.07) is 0. The molecule has 3 rings (SSSR count). The predicted molar refractivity (Wildman–Crippen MR) is 314 cm³/mol. The fourth-order valence-electron chi connectivity index (χ4n) is 8.17. The number of esters is 4. The molecule has 6 N–H and O–H groups in total. The smallest absolute Gasteiger partial charge is 0.377 e. The number of aliphatic hydroxyl groups excluding tert-OH is 6. The number of ether oxygens (including phenoxy) is 6. The number of ketones is 2. The van der Waals surface area contributed by atoms with Gasteiger partial charge in [0.25, 0.3) is 6.47 Å². The molecule has 3 aliphatic rings. The van der Waals surface area contributed by atoms with Crippen molar-refractivity contribution in [3.63, 3.8) is 0 Å². The number of methoxy groups -OCH3 is 1. The Morgan fingerprint density at radius 2 is 1.21 bits per heavy atom. The van der Waals surface area contributed by atoms with Crippen LogP contribution in [0.1, 0.15) is 128 Å². The van der Waals surface area contributed by atoms with E-state index in [0.717, 1.165) is 45.9 Å². The third-order valence-corrected chi connectivity index (χ3v) is 12.9. The zero-order valence-corrected chi connectivity index (χ0v) is 50.5. The SMILES string of the molecule is CCC.COC1CC(C)(C)C(/C=C/C(C)=C/C=C/C(C)=C/C=C/C=C(C)/C=C/C=C(C)/C=C/C2=C(C)C(=O)C(OC(=O)CCC(=O)OCC(O)C(OC=O)/C(O)=C(\C)O)CC2C)=C(C)C1=O.O=CCCC(=O)OCC(O)C1OC(=O)C(O)=C1O. The van der Waals surface area contributed by atoms with Crippen molar-refractivity contribution < 1.29 is 97.4 Å². The van der Waals surface area contributed by atoms with Gasteiger partial charge in [-0.1, -0.05) is 148 Å². The van der Waals surface area contributed by atoms with Gasteiger partial charge in [-0.15, -0.1) is 0 Å². The van der Waals surface area contributed by atoms with Crippen LogP contribution < -0.4 is 0 Å². The standard InChI is InChI=1S/C51H66O12.C10H12O8.C3H8/c1-32(16-12-13-17-33(2)19-15-21-35(4)23-25-41-38(7)48(58)44(60-11)29-51(41,9)10)18-14-20-34(3)22-24-40-36(5)28-43(47(57)37(40)6)63-46(56)27-26-45(55)61-30-42(54)50(62-31-52)49(59)39(8)53;11-3-1-2-6(13)17-4-5(12)9-7(14)8(15)10(16)18-9;1-3-2/h12-25,31,36,42-44,50,53-54,59H,26-30H2,1-11H3;3,5,9,12,14-15H,1-2,4H2;3H2,1-2H3/b13-12+,18-14+,19-15+,24-22+,25-23+,32-16+,33-17+,34-20+,35-21+,49-39-;;. The second kappa shape index (κ2) is 38.0. The zero-order chi connectivity index (χ0) is 63.9. The first kappa shape index (κ1) is 74.1. The highest BCUT2D eigenvalue weighted by Gasteiger charge is 2.40. The highest BCUT2D eigenvalue weighted by atomic mass is 16.6. The second-order valence-corrected chi connectivity index (χ2v) is 20.8. The Hall–Kier alpha value is -7.94. The molecule has 0 bridgehead atoms. The van der Waals surface area contributed by atoms with Crippen molar-refractivity contribution in [2.24, 2.45) is 11.3 Å². The lowest BCUT2D eigenvalue weighted by atomic mass is 9.71. The fraction of sp³-hybridized carbons (Fsp3) is 0.469. The number of Topliss-reactive ketones (excluding diaryl/α,β-unsaturated/α-hetero) is 2. The van der Waals surface area contributed by atoms with E-state index in [1.807, 2.05) is 121 Å². The summed E-state index contributed by atoms with van der Waals surface area (Å²) in [6.45, 7) is 21.9. The number of carbonyl (C=O) groups excluding carboxylic acids is 8. The first-order valence-corrected chi connectivity index (χ1v) is 27.4. The fourth-order valence-corrected chi connectivity index (χ4v) is 8.17. The third-order valence-electron chi connectivity index (χ3n) is 12.9. The summed E-state index contributed by atoms with van der Waals surface area (Å²) in [5.74, 6) is -7.07. The van der Waals surface area contributed by atoms with Crippen LogP contribution in [-0.4, -0.2) is 136 Å². The zero-order valence-electron chi connectivity index (χ0n) is 50.5. The lowest BCUT2D eigenvalue weighted by Crippen LogP contribution is -2.37. The molecule has 0 spiro atoms. The summed E-state index contributed by atoms with van der Waals surface area (Å²) in [6.07, 6.45) is 22.1. The van der Waals surface area contributed by atoms with Crippen LogP contribution in [0.4, 0.5) is 0 Å². The quantitative estimate of drug-likeness (QED) is 0.0146. The van der Waals surface area contributed by atoms with E-state index < -0.39 is 97.1 Å². The molecule has 7 unspecified atom stereocenters. The van der Waals surface area contributed by atoms with Crippen LogP contribution in [0.15, 0.2) is 153 Å². The molecule has 1 heterocycles. The largest absolute Gasteiger partial charge is 0.509 e. The van der Waals surface area contributed by atoms with Crippen molar-refractivity contribution in [3.8, 4) is 0 Å². The highest BCUT2D eigenvalue weighted by Crippen LogP contribution is 2.40. The Morgan fingerprint density at radius 1 is 0.714 bits per heavy atom. The normalized spacial score (nSPS) is 21.2. The van der Waals surface area contributed by atoms with Gasteiger partial charge in [-0.3, -0.25) is 28.8 Å². The molecule has 0 saturated heterocycles. The van der Waals surface area contributed by atoms with Crippen LogP contribution in [0, 0.1) is 11.3 Å². The van der Waals surface area contributed by atoms with Crippen molar-refractivity contribution in [2.45, 2.75) is 165 Å². The van der Waals surface area contributed by atoms with Gasteiger partial charge in [0.2, 0.25) is 5.76 Å². The Bertz CT molecular complexity index is 2740. The van der Waals surface area contributed by atoms with E-state index in [4.69, 9.17) is 19.3 Å². The van der Waals surface area contributed by atoms with Crippen LogP contribution in [0.3, 0.4) is 0 Å². The Kier molecular flexibility index (Phi) is 33.5. The van der Waals surface area contributed by atoms with Crippen LogP contribution >= 0.6 is 0 Å². The molecule has 0 aromatic heterocycles. The molecule has 2 aliphatic carbocycles. The van der Waals surface area contributed by atoms with Crippen LogP contribution in [-0.2, 0) is 66.8 Å². The maximum atomic E-state index is 13.1. The molecule has 462 valence electrons. The van der Waals surface area contributed by atoms with Gasteiger partial charge in [0.1, 0.15) is 43.6 Å². The molecule has 0 saturated carbocycles. The maximum absolute atomic E-state index is 13.1. The van der Waals surface area contributed by atoms with E-state index in [1.54, 1.807) is 14.0 Å². The van der Waals surface area contributed by atoms with Crippen LogP contribution in [0.2, 0.25) is 0 Å². The van der Waals surface area contributed by atoms with Crippen molar-refractivity contribution in [1.82, 2.24) is 0 Å². The summed E-state index contributed by atoms with van der Waals surface area (Å²) < 4.78 is 29.3. The maximum Gasteiger partial charge on any atom is 0.377 e. The molecule has 7 atom stereocenters. The molecule has 84 heavy (non-hydrogen) atoms. The molecule has 20 nitrogen and oxygen atoms in total. The number of aldehydes is 1. The first-order chi connectivity index (χ1) is 39.5. The summed E-state index contributed by atoms with van der Waals surface area (Å²) in [5.41, 5.74) is 7.17. The van der Waals surface area contributed by atoms with Gasteiger partial charge in [0.15, 0.2) is 41.4 Å². The minimum absolute atomic E-state index is 0.000710. The summed E-state index contributed by atoms with van der Waals surface area (Å²) in [5, 5.41) is 57.0. The number of cyclic esters (lactones) is 1. The highest BCUT2D eigenvalue weighted by molar-refractivity contribution is 6.02. The lowest BCUT2D eigenvalue weighted by Gasteiger charge is -2.36. The van der Waals surface area contributed by atoms with Crippen molar-refractivity contribution in [3.05, 3.63) is 153 Å². The van der Waals surface area contributed by atoms with E-state index >= 15 is 0 Å². The van der Waals surface area contributed by atoms with Gasteiger partial charge in [0.05, 0.1) is 19.3 Å². The predicted octanol–water partition coefficient (Wildman–Crippen LogP) is 9.83. The summed E-state index contributed by atoms with van der Waals surface area (Å²) in [4.78, 5) is 93.0. The van der Waals surface area contributed by atoms with E-state index in [0.29, 0.717) is 18.3 Å². The molecule has 0 aromatic carbocycles. The third kappa shape index (κ3) is 25.7. The summed E-state index contributed by atoms with van der Waals surface area (Å²) >= 11 is 0. The number of aliphatic hydroxyl groups is 6. The minimum atomic E-state index is -1.69. The first-order valence-electron chi connectivity index (χ1n) is 27.4. The van der Waals surface area contributed by atoms with Crippen molar-refractivity contribution >= 4 is 48.2 Å². The minimum Gasteiger partial charge on any atom is -0.509 e. The number of carbonyl (C=O) groups is 8. The van der Waals surface area contributed by atoms with E-state index in [1.165, 1.54) is 6.42 Å². The molecule has 0 aromatic rings. The van der Waals surface area contributed by atoms with Crippen LogP contribution in [0.25, 0.3) is 0 Å². The lowest BCUT2D eigenvalue weighted by molar-refractivity contribution is -0.159. The number of hydrogen-bond donors (Lipinski definition) is 6. The number of hydrogen-bond acceptors (Lipinski definition) is 20. The van der Waals surface area contributed by atoms with Gasteiger partial charge >= 0.3 is 23.9 Å². The monoisotopic (exact) mass is 1170 g/mol. The van der Waals surface area contributed by atoms with Gasteiger partial charge in [-0.05, 0) is 94.9 Å². The van der Waals surface area contributed by atoms with E-state index in [9.17, 15) is 63.9 Å².